The van der Waals surface area contributed by atoms with Crippen LogP contribution in [0.1, 0.15) is 23.3 Å². The van der Waals surface area contributed by atoms with Gasteiger partial charge >= 0.3 is 5.97 Å². The van der Waals surface area contributed by atoms with E-state index in [-0.39, 0.29) is 5.69 Å². The summed E-state index contributed by atoms with van der Waals surface area (Å²) in [6, 6.07) is 14.0. The number of fused-ring (bicyclic) bond motifs is 1. The molecule has 0 spiro atoms. The molecule has 7 nitrogen and oxygen atoms in total. The van der Waals surface area contributed by atoms with Crippen LogP contribution in [-0.2, 0) is 0 Å². The highest BCUT2D eigenvalue weighted by atomic mass is 32.1. The smallest absolute Gasteiger partial charge is 0.355 e. The van der Waals surface area contributed by atoms with Crippen LogP contribution in [0.15, 0.2) is 47.8 Å². The van der Waals surface area contributed by atoms with Crippen LogP contribution in [-0.4, -0.2) is 43.9 Å². The molecule has 1 saturated heterocycles. The molecule has 1 aliphatic rings. The van der Waals surface area contributed by atoms with Gasteiger partial charge in [-0.3, -0.25) is 0 Å². The fourth-order valence-corrected chi connectivity index (χ4v) is 4.26. The molecule has 5 rings (SSSR count). The number of rotatable bonds is 4. The van der Waals surface area contributed by atoms with Crippen molar-refractivity contribution in [3.05, 3.63) is 53.5 Å². The van der Waals surface area contributed by atoms with E-state index < -0.39 is 5.97 Å². The van der Waals surface area contributed by atoms with E-state index >= 15 is 0 Å². The van der Waals surface area contributed by atoms with Crippen LogP contribution in [0.5, 0.6) is 0 Å². The van der Waals surface area contributed by atoms with Gasteiger partial charge in [-0.25, -0.2) is 14.8 Å². The zero-order chi connectivity index (χ0) is 19.1. The molecule has 0 bridgehead atoms. The Labute approximate surface area is 164 Å². The van der Waals surface area contributed by atoms with E-state index in [0.717, 1.165) is 35.6 Å². The highest BCUT2D eigenvalue weighted by molar-refractivity contribution is 7.12. The second-order valence-electron chi connectivity index (χ2n) is 6.68. The average molecular weight is 391 g/mol. The van der Waals surface area contributed by atoms with E-state index in [0.29, 0.717) is 10.8 Å². The lowest BCUT2D eigenvalue weighted by Crippen LogP contribution is -2.19. The van der Waals surface area contributed by atoms with Gasteiger partial charge in [0.25, 0.3) is 0 Å². The maximum absolute atomic E-state index is 11.3. The summed E-state index contributed by atoms with van der Waals surface area (Å²) in [7, 11) is 0. The van der Waals surface area contributed by atoms with Crippen LogP contribution < -0.4 is 4.90 Å². The lowest BCUT2D eigenvalue weighted by molar-refractivity contribution is 0.0691. The molecule has 1 aromatic carbocycles. The molecule has 0 atom stereocenters. The van der Waals surface area contributed by atoms with E-state index in [4.69, 9.17) is 10.1 Å². The Bertz CT molecular complexity index is 1160. The molecule has 8 heteroatoms. The van der Waals surface area contributed by atoms with Gasteiger partial charge in [-0.1, -0.05) is 30.3 Å². The number of thiazole rings is 1. The van der Waals surface area contributed by atoms with E-state index in [1.165, 1.54) is 29.6 Å². The van der Waals surface area contributed by atoms with Crippen LogP contribution >= 0.6 is 11.3 Å². The topological polar surface area (TPSA) is 84.1 Å². The Kier molecular flexibility index (Phi) is 4.05. The molecule has 0 saturated carbocycles. The number of nitrogens with zero attached hydrogens (tertiary/aromatic N) is 5. The minimum Gasteiger partial charge on any atom is -0.476 e. The van der Waals surface area contributed by atoms with Crippen LogP contribution in [0, 0.1) is 0 Å². The Morgan fingerprint density at radius 3 is 2.54 bits per heavy atom. The van der Waals surface area contributed by atoms with Gasteiger partial charge in [-0.2, -0.15) is 9.78 Å². The number of benzene rings is 1. The normalized spacial score (nSPS) is 14.1. The number of aromatic nitrogens is 4. The van der Waals surface area contributed by atoms with E-state index in [9.17, 15) is 9.90 Å². The highest BCUT2D eigenvalue weighted by Gasteiger charge is 2.21. The summed E-state index contributed by atoms with van der Waals surface area (Å²) in [4.78, 5) is 22.6. The van der Waals surface area contributed by atoms with Crippen molar-refractivity contribution >= 4 is 34.2 Å². The molecular formula is C20H17N5O2S. The van der Waals surface area contributed by atoms with E-state index in [1.807, 2.05) is 42.5 Å². The van der Waals surface area contributed by atoms with Gasteiger partial charge in [0.2, 0.25) is 5.13 Å². The zero-order valence-electron chi connectivity index (χ0n) is 14.9. The summed E-state index contributed by atoms with van der Waals surface area (Å²) in [6.45, 7) is 2.00. The SMILES string of the molecule is O=C(O)c1csc(-n2nc(-c3ccccc3)c3ccc(N4CCCC4)nc32)n1. The quantitative estimate of drug-likeness (QED) is 0.569. The van der Waals surface area contributed by atoms with Crippen LogP contribution in [0.3, 0.4) is 0 Å². The van der Waals surface area contributed by atoms with Crippen molar-refractivity contribution in [3.63, 3.8) is 0 Å². The average Bonchev–Trinajstić information content (AvgIpc) is 3.46. The molecule has 140 valence electrons. The third-order valence-corrected chi connectivity index (χ3v) is 5.70. The number of pyridine rings is 1. The van der Waals surface area contributed by atoms with Crippen molar-refractivity contribution < 1.29 is 9.90 Å². The Balaban J connectivity index is 1.72. The van der Waals surface area contributed by atoms with Gasteiger partial charge in [0, 0.05) is 29.4 Å². The maximum Gasteiger partial charge on any atom is 0.355 e. The van der Waals surface area contributed by atoms with Crippen molar-refractivity contribution in [2.24, 2.45) is 0 Å². The molecular weight excluding hydrogens is 374 g/mol. The summed E-state index contributed by atoms with van der Waals surface area (Å²) in [5.41, 5.74) is 2.50. The third-order valence-electron chi connectivity index (χ3n) is 4.89. The predicted octanol–water partition coefficient (Wildman–Crippen LogP) is 3.84. The molecule has 0 aliphatic carbocycles. The van der Waals surface area contributed by atoms with Crippen molar-refractivity contribution in [2.75, 3.05) is 18.0 Å². The van der Waals surface area contributed by atoms with Crippen LogP contribution in [0.4, 0.5) is 5.82 Å². The van der Waals surface area contributed by atoms with E-state index in [1.54, 1.807) is 4.68 Å². The first-order valence-corrected chi connectivity index (χ1v) is 9.98. The summed E-state index contributed by atoms with van der Waals surface area (Å²) in [5.74, 6) is -0.131. The number of aromatic carboxylic acids is 1. The van der Waals surface area contributed by atoms with Gasteiger partial charge in [-0.15, -0.1) is 11.3 Å². The lowest BCUT2D eigenvalue weighted by atomic mass is 10.1. The minimum atomic E-state index is -1.05. The number of carbonyl (C=O) groups is 1. The highest BCUT2D eigenvalue weighted by Crippen LogP contribution is 2.31. The fourth-order valence-electron chi connectivity index (χ4n) is 3.51. The number of carboxylic acid groups (broad SMARTS) is 1. The number of carboxylic acids is 1. The second-order valence-corrected chi connectivity index (χ2v) is 7.52. The van der Waals surface area contributed by atoms with Crippen molar-refractivity contribution in [2.45, 2.75) is 12.8 Å². The van der Waals surface area contributed by atoms with Gasteiger partial charge < -0.3 is 10.0 Å². The van der Waals surface area contributed by atoms with Crippen LogP contribution in [0.25, 0.3) is 27.4 Å². The second kappa shape index (κ2) is 6.72. The molecule has 1 N–H and O–H groups in total. The molecule has 0 amide bonds. The molecule has 4 heterocycles. The van der Waals surface area contributed by atoms with Gasteiger partial charge in [0.15, 0.2) is 11.3 Å². The molecule has 1 aliphatic heterocycles. The fraction of sp³-hybridized carbons (Fsp3) is 0.200. The third kappa shape index (κ3) is 2.82. The molecule has 1 fully saturated rings. The van der Waals surface area contributed by atoms with Gasteiger partial charge in [0.05, 0.1) is 0 Å². The molecule has 3 aromatic heterocycles. The molecule has 0 radical (unpaired) electrons. The first-order chi connectivity index (χ1) is 13.7. The monoisotopic (exact) mass is 391 g/mol. The lowest BCUT2D eigenvalue weighted by Gasteiger charge is -2.16. The van der Waals surface area contributed by atoms with Crippen molar-refractivity contribution in [1.29, 1.82) is 0 Å². The standard InChI is InChI=1S/C20H17N5O2S/c26-19(27)15-12-28-20(21-15)25-18-14(17(23-25)13-6-2-1-3-7-13)8-9-16(22-18)24-10-4-5-11-24/h1-3,6-9,12H,4-5,10-11H2,(H,26,27). The molecule has 28 heavy (non-hydrogen) atoms. The minimum absolute atomic E-state index is 0.0145. The van der Waals surface area contributed by atoms with Gasteiger partial charge in [-0.05, 0) is 25.0 Å². The summed E-state index contributed by atoms with van der Waals surface area (Å²) in [5, 5.41) is 16.9. The maximum atomic E-state index is 11.3. The number of anilines is 1. The first-order valence-electron chi connectivity index (χ1n) is 9.10. The molecule has 0 unspecified atom stereocenters. The largest absolute Gasteiger partial charge is 0.476 e. The predicted molar refractivity (Wildman–Crippen MR) is 108 cm³/mol. The zero-order valence-corrected chi connectivity index (χ0v) is 15.8. The Morgan fingerprint density at radius 1 is 1.04 bits per heavy atom. The van der Waals surface area contributed by atoms with Crippen molar-refractivity contribution in [3.8, 4) is 16.4 Å². The number of hydrogen-bond donors (Lipinski definition) is 1. The van der Waals surface area contributed by atoms with Crippen molar-refractivity contribution in [1.82, 2.24) is 19.7 Å². The summed E-state index contributed by atoms with van der Waals surface area (Å²) in [6.07, 6.45) is 2.34. The summed E-state index contributed by atoms with van der Waals surface area (Å²) >= 11 is 1.25. The van der Waals surface area contributed by atoms with Gasteiger partial charge in [0.1, 0.15) is 11.5 Å². The Hall–Kier alpha value is -3.26. The number of hydrogen-bond acceptors (Lipinski definition) is 6. The Morgan fingerprint density at radius 2 is 1.82 bits per heavy atom. The van der Waals surface area contributed by atoms with Crippen LogP contribution in [0.2, 0.25) is 0 Å². The van der Waals surface area contributed by atoms with E-state index in [2.05, 4.69) is 9.88 Å². The first kappa shape index (κ1) is 16.9. The molecule has 4 aromatic rings. The summed E-state index contributed by atoms with van der Waals surface area (Å²) < 4.78 is 1.66.